The van der Waals surface area contributed by atoms with E-state index in [0.717, 1.165) is 16.8 Å². The quantitative estimate of drug-likeness (QED) is 0.703. The molecule has 4 rings (SSSR count). The van der Waals surface area contributed by atoms with Gasteiger partial charge in [0.1, 0.15) is 17.0 Å². The van der Waals surface area contributed by atoms with Crippen LogP contribution >= 0.6 is 0 Å². The van der Waals surface area contributed by atoms with Gasteiger partial charge >= 0.3 is 6.36 Å². The third-order valence-electron chi connectivity index (χ3n) is 4.46. The summed E-state index contributed by atoms with van der Waals surface area (Å²) in [5.74, 6) is -0.0829. The molecule has 0 bridgehead atoms. The van der Waals surface area contributed by atoms with Crippen molar-refractivity contribution in [3.05, 3.63) is 72.2 Å². The maximum atomic E-state index is 12.8. The predicted molar refractivity (Wildman–Crippen MR) is 93.0 cm³/mol. The number of alkyl halides is 3. The molecular formula is C20H14F3NO3. The summed E-state index contributed by atoms with van der Waals surface area (Å²) >= 11 is 0. The second-order valence-corrected chi connectivity index (χ2v) is 6.28. The van der Waals surface area contributed by atoms with Crippen LogP contribution in [0, 0.1) is 0 Å². The third kappa shape index (κ3) is 3.00. The summed E-state index contributed by atoms with van der Waals surface area (Å²) in [5, 5.41) is 12.9. The van der Waals surface area contributed by atoms with Crippen LogP contribution in [0.4, 0.5) is 13.2 Å². The Morgan fingerprint density at radius 1 is 1.07 bits per heavy atom. The maximum Gasteiger partial charge on any atom is 0.573 e. The van der Waals surface area contributed by atoms with Gasteiger partial charge in [0.15, 0.2) is 5.75 Å². The molecule has 1 aliphatic heterocycles. The van der Waals surface area contributed by atoms with E-state index in [2.05, 4.69) is 9.72 Å². The van der Waals surface area contributed by atoms with E-state index in [4.69, 9.17) is 4.74 Å². The Labute approximate surface area is 152 Å². The number of aromatic nitrogens is 1. The first-order valence-corrected chi connectivity index (χ1v) is 8.10. The molecule has 138 valence electrons. The lowest BCUT2D eigenvalue weighted by atomic mass is 9.81. The predicted octanol–water partition coefficient (Wildman–Crippen LogP) is 4.77. The van der Waals surface area contributed by atoms with Crippen LogP contribution in [0.1, 0.15) is 18.2 Å². The largest absolute Gasteiger partial charge is 0.573 e. The number of ether oxygens (including phenoxy) is 2. The molecule has 1 unspecified atom stereocenters. The van der Waals surface area contributed by atoms with Gasteiger partial charge in [-0.3, -0.25) is 4.98 Å². The number of aliphatic hydroxyl groups is 1. The van der Waals surface area contributed by atoms with Crippen LogP contribution in [0.3, 0.4) is 0 Å². The summed E-state index contributed by atoms with van der Waals surface area (Å²) in [7, 11) is 0. The first-order valence-electron chi connectivity index (χ1n) is 8.10. The average Bonchev–Trinajstić information content (AvgIpc) is 2.61. The summed E-state index contributed by atoms with van der Waals surface area (Å²) in [6, 6.07) is 13.4. The Bertz CT molecular complexity index is 1060. The van der Waals surface area contributed by atoms with E-state index in [1.165, 1.54) is 25.4 Å². The maximum absolute atomic E-state index is 12.8. The van der Waals surface area contributed by atoms with Gasteiger partial charge in [0, 0.05) is 11.8 Å². The highest BCUT2D eigenvalue weighted by molar-refractivity contribution is 5.92. The fourth-order valence-corrected chi connectivity index (χ4v) is 3.31. The fraction of sp³-hybridized carbons (Fsp3) is 0.150. The lowest BCUT2D eigenvalue weighted by Gasteiger charge is -2.33. The number of hydrogen-bond acceptors (Lipinski definition) is 4. The van der Waals surface area contributed by atoms with Crippen LogP contribution in [0.15, 0.2) is 61.0 Å². The van der Waals surface area contributed by atoms with E-state index in [9.17, 15) is 18.3 Å². The summed E-state index contributed by atoms with van der Waals surface area (Å²) in [6.07, 6.45) is -2.35. The molecule has 3 aromatic rings. The number of benzene rings is 2. The molecule has 1 N–H and O–H groups in total. The highest BCUT2D eigenvalue weighted by Crippen LogP contribution is 2.48. The molecule has 0 radical (unpaired) electrons. The van der Waals surface area contributed by atoms with Gasteiger partial charge in [0.05, 0.1) is 11.8 Å². The zero-order valence-electron chi connectivity index (χ0n) is 14.1. The molecule has 1 aromatic heterocycles. The van der Waals surface area contributed by atoms with E-state index in [0.29, 0.717) is 11.3 Å². The van der Waals surface area contributed by atoms with Gasteiger partial charge in [-0.1, -0.05) is 30.3 Å². The van der Waals surface area contributed by atoms with E-state index in [1.54, 1.807) is 6.07 Å². The minimum Gasteiger partial charge on any atom is -0.464 e. The van der Waals surface area contributed by atoms with E-state index >= 15 is 0 Å². The van der Waals surface area contributed by atoms with Gasteiger partial charge in [0.2, 0.25) is 0 Å². The molecule has 2 aromatic carbocycles. The van der Waals surface area contributed by atoms with E-state index < -0.39 is 17.7 Å². The molecular weight excluding hydrogens is 359 g/mol. The lowest BCUT2D eigenvalue weighted by molar-refractivity contribution is -0.274. The Hall–Kier alpha value is -3.06. The zero-order valence-corrected chi connectivity index (χ0v) is 14.1. The van der Waals surface area contributed by atoms with Crippen molar-refractivity contribution >= 4 is 16.3 Å². The number of nitrogens with zero attached hydrogens (tertiary/aromatic N) is 1. The smallest absolute Gasteiger partial charge is 0.464 e. The molecule has 0 spiro atoms. The van der Waals surface area contributed by atoms with Crippen LogP contribution < -0.4 is 9.47 Å². The van der Waals surface area contributed by atoms with Crippen molar-refractivity contribution in [2.75, 3.05) is 0 Å². The van der Waals surface area contributed by atoms with Gasteiger partial charge in [-0.15, -0.1) is 13.2 Å². The highest BCUT2D eigenvalue weighted by Gasteiger charge is 2.41. The van der Waals surface area contributed by atoms with Crippen LogP contribution in [-0.4, -0.2) is 16.5 Å². The normalized spacial score (nSPS) is 19.2. The molecule has 0 saturated carbocycles. The lowest BCUT2D eigenvalue weighted by Crippen LogP contribution is -2.29. The first-order chi connectivity index (χ1) is 12.8. The molecule has 27 heavy (non-hydrogen) atoms. The topological polar surface area (TPSA) is 51.6 Å². The van der Waals surface area contributed by atoms with Gasteiger partial charge in [-0.2, -0.15) is 0 Å². The molecule has 1 atom stereocenters. The van der Waals surface area contributed by atoms with Crippen LogP contribution in [0.5, 0.6) is 11.5 Å². The summed E-state index contributed by atoms with van der Waals surface area (Å²) in [6.45, 7) is 1.50. The molecule has 0 fully saturated rings. The van der Waals surface area contributed by atoms with Crippen LogP contribution in [0.2, 0.25) is 0 Å². The Kier molecular flexibility index (Phi) is 3.85. The van der Waals surface area contributed by atoms with Crippen molar-refractivity contribution in [3.63, 3.8) is 0 Å². The molecule has 0 saturated heterocycles. The van der Waals surface area contributed by atoms with Gasteiger partial charge in [0.25, 0.3) is 0 Å². The van der Waals surface area contributed by atoms with Crippen molar-refractivity contribution in [1.82, 2.24) is 4.98 Å². The monoisotopic (exact) mass is 373 g/mol. The van der Waals surface area contributed by atoms with Crippen LogP contribution in [-0.2, 0) is 5.60 Å². The van der Waals surface area contributed by atoms with Crippen molar-refractivity contribution < 1.29 is 27.8 Å². The van der Waals surface area contributed by atoms with Gasteiger partial charge in [-0.05, 0) is 35.9 Å². The number of pyridine rings is 1. The summed E-state index contributed by atoms with van der Waals surface area (Å²) < 4.78 is 48.0. The first kappa shape index (κ1) is 17.4. The molecule has 0 amide bonds. The summed E-state index contributed by atoms with van der Waals surface area (Å²) in [4.78, 5) is 4.00. The van der Waals surface area contributed by atoms with E-state index in [-0.39, 0.29) is 11.3 Å². The molecule has 0 aliphatic carbocycles. The molecule has 2 heterocycles. The number of halogens is 3. The summed E-state index contributed by atoms with van der Waals surface area (Å²) in [5.41, 5.74) is -1.25. The van der Waals surface area contributed by atoms with Crippen molar-refractivity contribution in [1.29, 1.82) is 0 Å². The standard InChI is InChI=1S/C20H14F3NO3/c1-19(25)14(18-16(7-4-10-24-18)27-20(21,22)23)11-26-15-9-8-12-5-2-3-6-13(12)17(15)19/h2-11,25H,1H3. The molecule has 4 nitrogen and oxygen atoms in total. The number of rotatable bonds is 2. The van der Waals surface area contributed by atoms with Crippen LogP contribution in [0.25, 0.3) is 16.3 Å². The minimum atomic E-state index is -4.88. The number of hydrogen-bond donors (Lipinski definition) is 1. The second kappa shape index (κ2) is 5.99. The van der Waals surface area contributed by atoms with Crippen molar-refractivity contribution in [2.24, 2.45) is 0 Å². The SMILES string of the molecule is CC1(O)C(c2ncccc2OC(F)(F)F)=COc2ccc3ccccc3c21. The second-order valence-electron chi connectivity index (χ2n) is 6.28. The van der Waals surface area contributed by atoms with Crippen molar-refractivity contribution in [3.8, 4) is 11.5 Å². The average molecular weight is 373 g/mol. The van der Waals surface area contributed by atoms with Gasteiger partial charge in [-0.25, -0.2) is 0 Å². The van der Waals surface area contributed by atoms with Crippen molar-refractivity contribution in [2.45, 2.75) is 18.9 Å². The molecule has 7 heteroatoms. The highest BCUT2D eigenvalue weighted by atomic mass is 19.4. The third-order valence-corrected chi connectivity index (χ3v) is 4.46. The number of fused-ring (bicyclic) bond motifs is 3. The Morgan fingerprint density at radius 3 is 2.63 bits per heavy atom. The Balaban J connectivity index is 1.89. The fourth-order valence-electron chi connectivity index (χ4n) is 3.31. The molecule has 1 aliphatic rings. The van der Waals surface area contributed by atoms with E-state index in [1.807, 2.05) is 30.3 Å². The minimum absolute atomic E-state index is 0.0752. The Morgan fingerprint density at radius 2 is 1.85 bits per heavy atom. The van der Waals surface area contributed by atoms with Gasteiger partial charge < -0.3 is 14.6 Å². The zero-order chi connectivity index (χ0) is 19.2.